The second-order valence-corrected chi connectivity index (χ2v) is 16.1. The van der Waals surface area contributed by atoms with Gasteiger partial charge in [-0.3, -0.25) is 23.8 Å². The van der Waals surface area contributed by atoms with Crippen LogP contribution < -0.4 is 22.1 Å². The molecule has 2 aliphatic heterocycles. The summed E-state index contributed by atoms with van der Waals surface area (Å²) < 4.78 is 58.6. The van der Waals surface area contributed by atoms with E-state index in [1.165, 1.54) is 16.9 Å². The summed E-state index contributed by atoms with van der Waals surface area (Å²) >= 11 is 1.54. The number of carbonyl (C=O) groups is 1. The highest BCUT2D eigenvalue weighted by atomic mass is 32.2. The number of aliphatic hydroxyl groups excluding tert-OH is 2. The largest absolute Gasteiger partial charge is 0.394 e. The Bertz CT molecular complexity index is 2340. The van der Waals surface area contributed by atoms with Gasteiger partial charge in [0.2, 0.25) is 6.23 Å². The maximum Gasteiger partial charge on any atom is 0.351 e. The Morgan fingerprint density at radius 3 is 2.39 bits per heavy atom. The van der Waals surface area contributed by atoms with Crippen molar-refractivity contribution in [3.63, 3.8) is 0 Å². The van der Waals surface area contributed by atoms with Crippen molar-refractivity contribution in [2.24, 2.45) is 0 Å². The average Bonchev–Trinajstić information content (AvgIpc) is 3.75. The first kappa shape index (κ1) is 44.8. The van der Waals surface area contributed by atoms with Gasteiger partial charge in [0.15, 0.2) is 11.2 Å². The van der Waals surface area contributed by atoms with E-state index >= 15 is 0 Å². The Labute approximate surface area is 342 Å². The van der Waals surface area contributed by atoms with Crippen molar-refractivity contribution in [2.75, 3.05) is 62.5 Å². The lowest BCUT2D eigenvalue weighted by atomic mass is 10.1. The normalized spacial score (nSPS) is 19.2. The highest BCUT2D eigenvalue weighted by molar-refractivity contribution is 7.85. The Kier molecular flexibility index (Phi) is 14.9. The number of nitrogens with one attached hydrogen (secondary N) is 2. The molecule has 5 aromatic rings. The third kappa shape index (κ3) is 12.6. The fourth-order valence-corrected chi connectivity index (χ4v) is 6.61. The van der Waals surface area contributed by atoms with E-state index in [1.807, 2.05) is 54.8 Å². The molecular weight excluding hydrogens is 813 g/mol. The summed E-state index contributed by atoms with van der Waals surface area (Å²) in [6.07, 6.45) is -0.417. The van der Waals surface area contributed by atoms with Crippen LogP contribution in [-0.2, 0) is 21.4 Å². The minimum atomic E-state index is -3.71. The van der Waals surface area contributed by atoms with E-state index in [2.05, 4.69) is 54.6 Å². The van der Waals surface area contributed by atoms with Gasteiger partial charge in [-0.05, 0) is 67.6 Å². The monoisotopic (exact) mass is 857 g/mol. The van der Waals surface area contributed by atoms with Gasteiger partial charge in [0.05, 0.1) is 18.6 Å². The minimum Gasteiger partial charge on any atom is -0.394 e. The molecule has 0 radical (unpaired) electrons. The van der Waals surface area contributed by atoms with Crippen LogP contribution >= 0.6 is 11.3 Å². The van der Waals surface area contributed by atoms with Crippen LogP contribution in [0.1, 0.15) is 27.7 Å². The van der Waals surface area contributed by atoms with Crippen molar-refractivity contribution in [2.45, 2.75) is 37.8 Å². The lowest BCUT2D eigenvalue weighted by molar-refractivity contribution is -0.140. The summed E-state index contributed by atoms with van der Waals surface area (Å²) in [6.45, 7) is 6.52. The van der Waals surface area contributed by atoms with Crippen LogP contribution in [0.5, 0.6) is 0 Å². The van der Waals surface area contributed by atoms with Gasteiger partial charge in [0, 0.05) is 79.2 Å². The van der Waals surface area contributed by atoms with Crippen molar-refractivity contribution in [1.82, 2.24) is 29.3 Å². The molecule has 59 heavy (non-hydrogen) atoms. The van der Waals surface area contributed by atoms with Crippen LogP contribution in [0.2, 0.25) is 0 Å². The van der Waals surface area contributed by atoms with Crippen molar-refractivity contribution >= 4 is 49.7 Å². The lowest BCUT2D eigenvalue weighted by Crippen LogP contribution is -2.43. The maximum absolute atomic E-state index is 13.7. The van der Waals surface area contributed by atoms with Gasteiger partial charge >= 0.3 is 11.6 Å². The second kappa shape index (κ2) is 19.7. The molecule has 21 heteroatoms. The smallest absolute Gasteiger partial charge is 0.351 e. The first-order valence-electron chi connectivity index (χ1n) is 18.1. The number of benzene rings is 2. The summed E-state index contributed by atoms with van der Waals surface area (Å²) in [5.41, 5.74) is 10.7. The van der Waals surface area contributed by atoms with Crippen molar-refractivity contribution in [1.29, 1.82) is 0 Å². The number of likely N-dealkylation sites (N-methyl/N-ethyl adjacent to an activating group) is 1. The number of nitrogens with zero attached hydrogens (tertiary/aromatic N) is 6. The first-order chi connectivity index (χ1) is 27.9. The van der Waals surface area contributed by atoms with Crippen molar-refractivity contribution in [3.05, 3.63) is 112 Å². The molecule has 2 aromatic carbocycles. The molecule has 316 valence electrons. The topological polar surface area (TPSA) is 238 Å². The molecule has 2 aliphatic rings. The third-order valence-electron chi connectivity index (χ3n) is 9.08. The Hall–Kier alpha value is -5.26. The minimum absolute atomic E-state index is 0.114. The highest BCUT2D eigenvalue weighted by Crippen LogP contribution is 2.42. The zero-order chi connectivity index (χ0) is 42.9. The molecular formula is C38H45F2N9O8S2. The molecule has 17 nitrogen and oxygen atoms in total. The number of nitrogen functional groups attached to an aromatic ring is 1. The molecule has 0 unspecified atom stereocenters. The predicted molar refractivity (Wildman–Crippen MR) is 219 cm³/mol. The fourth-order valence-electron chi connectivity index (χ4n) is 5.88. The number of alkyl halides is 2. The van der Waals surface area contributed by atoms with E-state index < -0.39 is 46.8 Å². The van der Waals surface area contributed by atoms with E-state index in [0.717, 1.165) is 78.3 Å². The fraction of sp³-hybridized carbons (Fsp3) is 0.342. The van der Waals surface area contributed by atoms with E-state index in [4.69, 9.17) is 20.1 Å². The standard InChI is InChI=1S/C28H30N6OS.C9H11F2N3O4.CH4O3S/c1-20-5-10-24(16-25(20)31-28-32-26(19-36-28)23-4-3-11-29-17-23)30-27(35)22-8-6-21(7-9-22)18-34-14-12-33(2)13-15-34;10-9(11)6(16)4(3-15)18-7(9)14-2-1-5(12)13-8(14)17;1-5(2,3)4/h3-11,16-17,19H,12-15,18H2,1-2H3,(H,30,35)(H,31,32);1-2,4,6-7,15-16H,3H2,(H2,12,13,17);1H3,(H,2,3,4)/t;4-,6-,7-;/m.1./s1. The number of pyridine rings is 1. The number of piperazine rings is 1. The number of carbonyl (C=O) groups excluding carboxylic acids is 1. The number of aryl methyl sites for hydroxylation is 1. The van der Waals surface area contributed by atoms with Crippen LogP contribution in [0.15, 0.2) is 89.4 Å². The number of amides is 1. The number of hydrogen-bond donors (Lipinski definition) is 6. The van der Waals surface area contributed by atoms with E-state index in [9.17, 15) is 31.9 Å². The number of nitrogens with two attached hydrogens (primary N) is 1. The molecule has 7 N–H and O–H groups in total. The third-order valence-corrected chi connectivity index (χ3v) is 9.84. The van der Waals surface area contributed by atoms with Crippen molar-refractivity contribution in [3.8, 4) is 11.3 Å². The predicted octanol–water partition coefficient (Wildman–Crippen LogP) is 3.47. The lowest BCUT2D eigenvalue weighted by Gasteiger charge is -2.32. The van der Waals surface area contributed by atoms with Gasteiger partial charge in [-0.25, -0.2) is 9.78 Å². The Morgan fingerprint density at radius 2 is 1.78 bits per heavy atom. The molecule has 2 fully saturated rings. The van der Waals surface area contributed by atoms with Gasteiger partial charge < -0.3 is 36.2 Å². The molecule has 1 amide bonds. The summed E-state index contributed by atoms with van der Waals surface area (Å²) in [5.74, 6) is -3.95. The molecule has 3 atom stereocenters. The first-order valence-corrected chi connectivity index (χ1v) is 20.8. The zero-order valence-corrected chi connectivity index (χ0v) is 33.9. The number of anilines is 4. The molecule has 2 saturated heterocycles. The van der Waals surface area contributed by atoms with Crippen LogP contribution in [0.4, 0.5) is 31.1 Å². The summed E-state index contributed by atoms with van der Waals surface area (Å²) in [4.78, 5) is 41.3. The Balaban J connectivity index is 0.000000239. The molecule has 0 bridgehead atoms. The van der Waals surface area contributed by atoms with E-state index in [0.29, 0.717) is 16.4 Å². The summed E-state index contributed by atoms with van der Waals surface area (Å²) in [6, 6.07) is 18.8. The molecule has 0 spiro atoms. The quantitative estimate of drug-likeness (QED) is 0.116. The van der Waals surface area contributed by atoms with Gasteiger partial charge in [0.1, 0.15) is 11.9 Å². The van der Waals surface area contributed by atoms with Gasteiger partial charge in [-0.1, -0.05) is 18.2 Å². The highest BCUT2D eigenvalue weighted by Gasteiger charge is 2.59. The van der Waals surface area contributed by atoms with Crippen LogP contribution in [0.3, 0.4) is 0 Å². The SMILES string of the molecule is CS(=O)(=O)O.Cc1ccc(NC(=O)c2ccc(CN3CCN(C)CC3)cc2)cc1Nc1nc(-c2cccnc2)cs1.Nc1ccn([C@@H]2O[C@H](CO)[C@@H](O)C2(F)F)c(=O)n1. The number of aliphatic hydroxyl groups is 2. The van der Waals surface area contributed by atoms with Gasteiger partial charge in [-0.2, -0.15) is 22.2 Å². The number of ether oxygens (including phenoxy) is 1. The number of halogens is 2. The summed E-state index contributed by atoms with van der Waals surface area (Å²) in [7, 11) is -1.50. The number of rotatable bonds is 9. The molecule has 5 heterocycles. The number of aromatic nitrogens is 4. The zero-order valence-electron chi connectivity index (χ0n) is 32.3. The van der Waals surface area contributed by atoms with Crippen LogP contribution in [0.25, 0.3) is 11.3 Å². The van der Waals surface area contributed by atoms with E-state index in [1.54, 1.807) is 12.4 Å². The Morgan fingerprint density at radius 1 is 1.08 bits per heavy atom. The van der Waals surface area contributed by atoms with Crippen LogP contribution in [-0.4, -0.2) is 123 Å². The van der Waals surface area contributed by atoms with Gasteiger partial charge in [-0.15, -0.1) is 11.3 Å². The van der Waals surface area contributed by atoms with Crippen LogP contribution in [0, 0.1) is 6.92 Å². The number of thiazole rings is 1. The molecule has 7 rings (SSSR count). The van der Waals surface area contributed by atoms with E-state index in [-0.39, 0.29) is 11.7 Å². The number of hydrogen-bond acceptors (Lipinski definition) is 15. The second-order valence-electron chi connectivity index (χ2n) is 13.8. The average molecular weight is 858 g/mol. The van der Waals surface area contributed by atoms with Gasteiger partial charge in [0.25, 0.3) is 16.0 Å². The molecule has 0 aliphatic carbocycles. The molecule has 3 aromatic heterocycles. The maximum atomic E-state index is 13.7. The summed E-state index contributed by atoms with van der Waals surface area (Å²) in [5, 5.41) is 27.3. The van der Waals surface area contributed by atoms with Crippen molar-refractivity contribution < 1.29 is 41.5 Å². The molecule has 0 saturated carbocycles.